The first-order chi connectivity index (χ1) is 51.4. The van der Waals surface area contributed by atoms with Crippen LogP contribution in [0.5, 0.6) is 0 Å². The van der Waals surface area contributed by atoms with Gasteiger partial charge in [0.25, 0.3) is 0 Å². The first kappa shape index (κ1) is 120. The average Bonchev–Trinajstić information content (AvgIpc) is 1.80. The Kier molecular flexibility index (Phi) is 121. The second-order valence-electron chi connectivity index (χ2n) is 16.8. The van der Waals surface area contributed by atoms with Gasteiger partial charge < -0.3 is 23.2 Å². The molecule has 0 saturated carbocycles. The van der Waals surface area contributed by atoms with E-state index in [1.807, 2.05) is 337 Å². The van der Waals surface area contributed by atoms with Crippen LogP contribution in [0.1, 0.15) is 226 Å². The van der Waals surface area contributed by atoms with E-state index in [4.69, 9.17) is 0 Å². The molecule has 598 valence electrons. The zero-order chi connectivity index (χ0) is 83.8. The number of aryl methyl sites for hydroxylation is 15. The Morgan fingerprint density at radius 1 is 0.443 bits per heavy atom. The van der Waals surface area contributed by atoms with Crippen molar-refractivity contribution in [1.29, 1.82) is 0 Å². The van der Waals surface area contributed by atoms with Crippen LogP contribution >= 0.6 is 34.4 Å². The lowest BCUT2D eigenvalue weighted by molar-refractivity contribution is 0.389. The average molecular weight is 1530 g/mol. The topological polar surface area (TPSA) is 300 Å². The Balaban J connectivity index is -0.000000100. The van der Waals surface area contributed by atoms with Crippen LogP contribution < -0.4 is 0 Å². The number of hydrogen-bond donors (Lipinski definition) is 2. The van der Waals surface area contributed by atoms with E-state index in [0.717, 1.165) is 45.0 Å². The van der Waals surface area contributed by atoms with Crippen molar-refractivity contribution in [3.8, 4) is 0 Å². The van der Waals surface area contributed by atoms with Gasteiger partial charge in [0.1, 0.15) is 41.9 Å². The third-order valence-corrected chi connectivity index (χ3v) is 10.6. The van der Waals surface area contributed by atoms with E-state index in [9.17, 15) is 0 Å². The molecule has 106 heavy (non-hydrogen) atoms. The molecule has 27 heteroatoms. The maximum Gasteiger partial charge on any atom is 0.223 e. The van der Waals surface area contributed by atoms with Gasteiger partial charge in [-0.25, -0.2) is 24.3 Å². The monoisotopic (exact) mass is 1530 g/mol. The Hall–Kier alpha value is -9.60. The van der Waals surface area contributed by atoms with Crippen molar-refractivity contribution in [1.82, 2.24) is 109 Å². The zero-order valence-electron chi connectivity index (χ0n) is 72.2. The van der Waals surface area contributed by atoms with Crippen LogP contribution in [0.4, 0.5) is 0 Å². The van der Waals surface area contributed by atoms with E-state index in [0.29, 0.717) is 11.7 Å². The quantitative estimate of drug-likeness (QED) is 0.142. The fraction of sp³-hybridized carbons (Fsp3) is 0.468. The van der Waals surface area contributed by atoms with E-state index in [1.54, 1.807) is 111 Å². The third kappa shape index (κ3) is 103. The Bertz CT molecular complexity index is 2790. The molecular formula is C79H142N22O2S3. The molecular weight excluding hydrogens is 1390 g/mol. The molecule has 13 aromatic rings. The molecule has 0 unspecified atom stereocenters. The standard InChI is InChI=1S/3C6H7N.C5H6N2.C4H6N2O.C4H6N2S.2C4H6N2.C4H5NO.2C4H5NS.2C3H5N3.11C2H6/c1-6-2-4-7-5-3-6;1-6-3-2-4-7-5-6;1-6-4-2-3-5-7-6;1-5-3-2-4-6-7-5;2*1-3-5-4(2)7-6-3;1-4-2-5-3-6-4;1-6-3-2-5-4-6;1-4-2-5-6-3-4;1-4-2-6-3-5-4;1-4-2-5-6-3-4;1-6-2-4-5-3-6;1-3-4-2-5-6-3;11*1-2/h3*2-5H,1H3;2-4H,1H3;2*1-2H3;2-3H,1H3,(H,5,6);2-4H,1H3;4*2-3H,1H3;2H,1H3,(H,4,5,6);11*1-2H3. The normalized spacial score (nSPS) is 7.67. The van der Waals surface area contributed by atoms with Gasteiger partial charge in [-0.1, -0.05) is 175 Å². The number of nitrogens with one attached hydrogen (secondary N) is 2. The Labute approximate surface area is 655 Å². The molecule has 0 fully saturated rings. The van der Waals surface area contributed by atoms with Gasteiger partial charge in [0.05, 0.1) is 30.1 Å². The molecule has 0 aromatic carbocycles. The summed E-state index contributed by atoms with van der Waals surface area (Å²) in [5.41, 5.74) is 10.9. The van der Waals surface area contributed by atoms with Crippen LogP contribution in [-0.2, 0) is 14.1 Å². The van der Waals surface area contributed by atoms with Crippen molar-refractivity contribution < 1.29 is 9.05 Å². The number of aromatic nitrogens is 22. The van der Waals surface area contributed by atoms with Gasteiger partial charge in [-0.05, 0) is 165 Å². The van der Waals surface area contributed by atoms with Gasteiger partial charge >= 0.3 is 0 Å². The molecule has 0 saturated heterocycles. The number of imidazole rings is 2. The van der Waals surface area contributed by atoms with Crippen LogP contribution in [0, 0.1) is 90.0 Å². The Morgan fingerprint density at radius 3 is 1.20 bits per heavy atom. The number of thiazole rings is 1. The molecule has 13 heterocycles. The van der Waals surface area contributed by atoms with Gasteiger partial charge in [-0.15, -0.1) is 21.5 Å². The molecule has 13 rings (SSSR count). The SMILES string of the molecule is CC.CC.CC.CC.CC.CC.CC.CC.CC.CC.CC.Cc1ccccn1.Cc1cccnc1.Cc1cccnn1.Cc1ccncc1.Cc1cnc[nH]1.Cc1cnoc1.Cc1cnsc1.Cc1cscn1.Cc1ncn[nH]1.Cc1noc(C)n1.Cc1nsc(C)n1.Cn1ccnc1.Cn1cnnc1. The summed E-state index contributed by atoms with van der Waals surface area (Å²) in [5.74, 6) is 3.05. The summed E-state index contributed by atoms with van der Waals surface area (Å²) >= 11 is 4.56. The van der Waals surface area contributed by atoms with Crippen LogP contribution in [0.2, 0.25) is 0 Å². The van der Waals surface area contributed by atoms with E-state index in [1.165, 1.54) is 46.1 Å². The van der Waals surface area contributed by atoms with Gasteiger partial charge in [0, 0.05) is 116 Å². The number of rotatable bonds is 0. The lowest BCUT2D eigenvalue weighted by Gasteiger charge is -1.82. The minimum absolute atomic E-state index is 0.623. The summed E-state index contributed by atoms with van der Waals surface area (Å²) in [5, 5.41) is 32.7. The van der Waals surface area contributed by atoms with Crippen molar-refractivity contribution >= 4 is 34.4 Å². The molecule has 0 aliphatic carbocycles. The van der Waals surface area contributed by atoms with Crippen LogP contribution in [-0.4, -0.2) is 109 Å². The van der Waals surface area contributed by atoms with E-state index >= 15 is 0 Å². The van der Waals surface area contributed by atoms with Gasteiger partial charge in [0.2, 0.25) is 5.89 Å². The van der Waals surface area contributed by atoms with Crippen molar-refractivity contribution in [3.05, 3.63) is 250 Å². The minimum Gasteiger partial charge on any atom is -0.365 e. The van der Waals surface area contributed by atoms with Crippen molar-refractivity contribution in [3.63, 3.8) is 0 Å². The van der Waals surface area contributed by atoms with Crippen LogP contribution in [0.25, 0.3) is 0 Å². The predicted molar refractivity (Wildman–Crippen MR) is 455 cm³/mol. The summed E-state index contributed by atoms with van der Waals surface area (Å²) in [6.07, 6.45) is 29.3. The highest BCUT2D eigenvalue weighted by molar-refractivity contribution is 7.07. The van der Waals surface area contributed by atoms with Crippen LogP contribution in [0.15, 0.2) is 186 Å². The number of aromatic amines is 2. The minimum atomic E-state index is 0.623. The molecule has 2 N–H and O–H groups in total. The lowest BCUT2D eigenvalue weighted by Crippen LogP contribution is -1.79. The van der Waals surface area contributed by atoms with Crippen LogP contribution in [0.3, 0.4) is 0 Å². The maximum absolute atomic E-state index is 4.60. The number of pyridine rings is 3. The molecule has 0 aliphatic heterocycles. The Morgan fingerprint density at radius 2 is 1.04 bits per heavy atom. The highest BCUT2D eigenvalue weighted by Crippen LogP contribution is 1.99. The van der Waals surface area contributed by atoms with Gasteiger partial charge in [-0.3, -0.25) is 25.0 Å². The van der Waals surface area contributed by atoms with Crippen molar-refractivity contribution in [2.75, 3.05) is 0 Å². The molecule has 0 atom stereocenters. The third-order valence-electron chi connectivity index (χ3n) is 8.44. The first-order valence-corrected chi connectivity index (χ1v) is 38.9. The summed E-state index contributed by atoms with van der Waals surface area (Å²) in [6.45, 7) is 69.1. The number of H-pyrrole nitrogens is 2. The largest absolute Gasteiger partial charge is 0.365 e. The van der Waals surface area contributed by atoms with Crippen molar-refractivity contribution in [2.24, 2.45) is 14.1 Å². The molecule has 24 nitrogen and oxygen atoms in total. The van der Waals surface area contributed by atoms with Crippen molar-refractivity contribution in [2.45, 2.75) is 242 Å². The highest BCUT2D eigenvalue weighted by atomic mass is 32.1. The molecule has 13 aromatic heterocycles. The summed E-state index contributed by atoms with van der Waals surface area (Å²) in [7, 11) is 3.81. The molecule has 0 aliphatic rings. The fourth-order valence-corrected chi connectivity index (χ4v) is 6.00. The van der Waals surface area contributed by atoms with E-state index < -0.39 is 0 Å². The maximum atomic E-state index is 4.60. The molecule has 0 bridgehead atoms. The number of hydrogen-bond acceptors (Lipinski definition) is 23. The van der Waals surface area contributed by atoms with E-state index in [2.05, 4.69) is 109 Å². The fourth-order valence-electron chi connectivity index (χ4n) is 4.46. The molecule has 0 spiro atoms. The summed E-state index contributed by atoms with van der Waals surface area (Å²) in [6, 6.07) is 17.5. The summed E-state index contributed by atoms with van der Waals surface area (Å²) in [4.78, 5) is 37.7. The smallest absolute Gasteiger partial charge is 0.223 e. The lowest BCUT2D eigenvalue weighted by atomic mass is 10.3. The van der Waals surface area contributed by atoms with E-state index in [-0.39, 0.29) is 0 Å². The second-order valence-corrected chi connectivity index (χ2v) is 19.1. The van der Waals surface area contributed by atoms with Gasteiger partial charge in [0.15, 0.2) is 5.82 Å². The highest BCUT2D eigenvalue weighted by Gasteiger charge is 1.90. The van der Waals surface area contributed by atoms with Gasteiger partial charge in [-0.2, -0.15) is 24.7 Å². The zero-order valence-corrected chi connectivity index (χ0v) is 74.7. The second kappa shape index (κ2) is 106. The number of nitrogens with zero attached hydrogens (tertiary/aromatic N) is 20. The first-order valence-electron chi connectivity index (χ1n) is 36.3. The predicted octanol–water partition coefficient (Wildman–Crippen LogP) is 23.0. The molecule has 0 radical (unpaired) electrons. The summed E-state index contributed by atoms with van der Waals surface area (Å²) < 4.78 is 20.5. The molecule has 0 amide bonds.